The second-order valence-electron chi connectivity index (χ2n) is 5.97. The zero-order valence-corrected chi connectivity index (χ0v) is 16.5. The van der Waals surface area contributed by atoms with Crippen molar-refractivity contribution in [3.05, 3.63) is 59.0 Å². The Labute approximate surface area is 178 Å². The van der Waals surface area contributed by atoms with Crippen LogP contribution in [0.2, 0.25) is 5.02 Å². The molecule has 162 valence electrons. The lowest BCUT2D eigenvalue weighted by atomic mass is 10.2. The summed E-state index contributed by atoms with van der Waals surface area (Å²) in [7, 11) is 1.51. The third-order valence-corrected chi connectivity index (χ3v) is 4.22. The number of carbonyl (C=O) groups excluding carboxylic acids is 1. The second kappa shape index (κ2) is 8.92. The van der Waals surface area contributed by atoms with Crippen molar-refractivity contribution >= 4 is 40.6 Å². The molecule has 3 rings (SSSR count). The number of alkyl halides is 3. The molecule has 13 heteroatoms. The van der Waals surface area contributed by atoms with Gasteiger partial charge in [-0.05, 0) is 30.3 Å². The molecule has 0 unspecified atom stereocenters. The summed E-state index contributed by atoms with van der Waals surface area (Å²) < 4.78 is 43.3. The molecule has 0 atom stereocenters. The Morgan fingerprint density at radius 3 is 2.39 bits per heavy atom. The molecule has 5 N–H and O–H groups in total. The largest absolute Gasteiger partial charge is 0.497 e. The van der Waals surface area contributed by atoms with Crippen LogP contribution in [0.25, 0.3) is 0 Å². The number of rotatable bonds is 6. The van der Waals surface area contributed by atoms with Crippen LogP contribution in [0, 0.1) is 0 Å². The lowest BCUT2D eigenvalue weighted by molar-refractivity contribution is -0.137. The molecule has 0 saturated heterocycles. The number of hydrogen-bond acceptors (Lipinski definition) is 8. The van der Waals surface area contributed by atoms with E-state index in [0.717, 1.165) is 12.4 Å². The molecule has 1 aromatic carbocycles. The number of amides is 1. The predicted octanol–water partition coefficient (Wildman–Crippen LogP) is 3.64. The summed E-state index contributed by atoms with van der Waals surface area (Å²) >= 11 is 5.88. The number of halogens is 4. The maximum absolute atomic E-state index is 12.7. The van der Waals surface area contributed by atoms with E-state index in [1.807, 2.05) is 0 Å². The quantitative estimate of drug-likeness (QED) is 0.417. The Morgan fingerprint density at radius 1 is 1.10 bits per heavy atom. The summed E-state index contributed by atoms with van der Waals surface area (Å²) in [6.45, 7) is 0. The summed E-state index contributed by atoms with van der Waals surface area (Å²) in [5.41, 5.74) is 10.3. The molecule has 1 amide bonds. The number of pyridine rings is 1. The summed E-state index contributed by atoms with van der Waals surface area (Å²) in [5, 5.41) is 2.36. The van der Waals surface area contributed by atoms with Crippen molar-refractivity contribution in [3.63, 3.8) is 0 Å². The third kappa shape index (κ3) is 5.22. The topological polar surface area (TPSA) is 127 Å². The lowest BCUT2D eigenvalue weighted by Crippen LogP contribution is -2.30. The Bertz CT molecular complexity index is 1090. The highest BCUT2D eigenvalue weighted by molar-refractivity contribution is 6.33. The maximum Gasteiger partial charge on any atom is 0.417 e. The van der Waals surface area contributed by atoms with Crippen LogP contribution in [-0.4, -0.2) is 28.0 Å². The molecule has 9 nitrogen and oxygen atoms in total. The van der Waals surface area contributed by atoms with Crippen molar-refractivity contribution in [2.75, 3.05) is 23.6 Å². The van der Waals surface area contributed by atoms with Gasteiger partial charge in [0.1, 0.15) is 23.6 Å². The van der Waals surface area contributed by atoms with E-state index in [9.17, 15) is 18.0 Å². The Hall–Kier alpha value is -3.80. The van der Waals surface area contributed by atoms with Crippen LogP contribution in [0.15, 0.2) is 42.9 Å². The minimum atomic E-state index is -4.58. The van der Waals surface area contributed by atoms with Crippen molar-refractivity contribution in [2.45, 2.75) is 6.18 Å². The van der Waals surface area contributed by atoms with E-state index in [0.29, 0.717) is 17.5 Å². The molecule has 0 radical (unpaired) electrons. The van der Waals surface area contributed by atoms with Gasteiger partial charge >= 0.3 is 6.18 Å². The fourth-order valence-electron chi connectivity index (χ4n) is 2.32. The van der Waals surface area contributed by atoms with E-state index in [2.05, 4.69) is 31.1 Å². The van der Waals surface area contributed by atoms with Crippen LogP contribution < -0.4 is 26.6 Å². The van der Waals surface area contributed by atoms with Crippen LogP contribution in [-0.2, 0) is 6.18 Å². The number of aromatic nitrogens is 3. The molecular weight excluding hydrogens is 439 g/mol. The minimum absolute atomic E-state index is 0.0188. The highest BCUT2D eigenvalue weighted by atomic mass is 35.5. The maximum atomic E-state index is 12.7. The average Bonchev–Trinajstić information content (AvgIpc) is 2.74. The van der Waals surface area contributed by atoms with Crippen molar-refractivity contribution in [1.82, 2.24) is 20.4 Å². The molecule has 2 heterocycles. The van der Waals surface area contributed by atoms with Crippen molar-refractivity contribution in [2.24, 2.45) is 0 Å². The number of hydrazine groups is 1. The van der Waals surface area contributed by atoms with Crippen molar-refractivity contribution in [3.8, 4) is 5.75 Å². The minimum Gasteiger partial charge on any atom is -0.497 e. The summed E-state index contributed by atoms with van der Waals surface area (Å²) in [6.07, 6.45) is -2.83. The summed E-state index contributed by atoms with van der Waals surface area (Å²) in [4.78, 5) is 23.7. The van der Waals surface area contributed by atoms with E-state index in [4.69, 9.17) is 22.1 Å². The Balaban J connectivity index is 1.72. The van der Waals surface area contributed by atoms with Gasteiger partial charge in [-0.1, -0.05) is 11.6 Å². The van der Waals surface area contributed by atoms with Crippen LogP contribution >= 0.6 is 11.6 Å². The molecule has 0 bridgehead atoms. The molecule has 3 aromatic rings. The fraction of sp³-hybridized carbons (Fsp3) is 0.111. The molecule has 0 fully saturated rings. The van der Waals surface area contributed by atoms with E-state index in [1.54, 1.807) is 24.3 Å². The number of carbonyl (C=O) groups is 1. The Morgan fingerprint density at radius 2 is 1.77 bits per heavy atom. The first kappa shape index (κ1) is 21.9. The summed E-state index contributed by atoms with van der Waals surface area (Å²) in [6, 6.07) is 7.09. The monoisotopic (exact) mass is 453 g/mol. The van der Waals surface area contributed by atoms with Gasteiger partial charge in [-0.25, -0.2) is 15.0 Å². The number of nitrogens with zero attached hydrogens (tertiary/aromatic N) is 3. The average molecular weight is 454 g/mol. The molecule has 0 aliphatic carbocycles. The number of nitrogen functional groups attached to an aromatic ring is 1. The molecule has 0 saturated carbocycles. The van der Waals surface area contributed by atoms with E-state index >= 15 is 0 Å². The standard InChI is InChI=1S/C18H15ClF3N7O2/c1-31-11-4-2-9(3-5-11)17(30)29-28-16-13(23)15(25-8-26-16)27-14-12(19)6-10(7-24-14)18(20,21)22/h2-8H,23H2,1H3,(H,29,30)(H2,24,25,26,27,28). The number of methoxy groups -OCH3 is 1. The van der Waals surface area contributed by atoms with Crippen LogP contribution in [0.1, 0.15) is 15.9 Å². The van der Waals surface area contributed by atoms with Gasteiger partial charge in [0.05, 0.1) is 17.7 Å². The number of nitrogens with two attached hydrogens (primary N) is 1. The van der Waals surface area contributed by atoms with Crippen molar-refractivity contribution < 1.29 is 22.7 Å². The third-order valence-electron chi connectivity index (χ3n) is 3.94. The molecule has 31 heavy (non-hydrogen) atoms. The first-order valence-corrected chi connectivity index (χ1v) is 8.87. The highest BCUT2D eigenvalue weighted by Gasteiger charge is 2.31. The lowest BCUT2D eigenvalue weighted by Gasteiger charge is -2.14. The van der Waals surface area contributed by atoms with Gasteiger partial charge in [0.15, 0.2) is 11.6 Å². The van der Waals surface area contributed by atoms with E-state index in [1.165, 1.54) is 7.11 Å². The molecule has 0 aliphatic rings. The summed E-state index contributed by atoms with van der Waals surface area (Å²) in [5.74, 6) is 0.0967. The van der Waals surface area contributed by atoms with Gasteiger partial charge in [0, 0.05) is 11.8 Å². The van der Waals surface area contributed by atoms with E-state index in [-0.39, 0.29) is 28.2 Å². The second-order valence-corrected chi connectivity index (χ2v) is 6.38. The van der Waals surface area contributed by atoms with Gasteiger partial charge in [0.25, 0.3) is 5.91 Å². The van der Waals surface area contributed by atoms with Gasteiger partial charge in [-0.2, -0.15) is 13.2 Å². The van der Waals surface area contributed by atoms with Gasteiger partial charge in [-0.15, -0.1) is 0 Å². The zero-order valence-electron chi connectivity index (χ0n) is 15.8. The molecule has 0 spiro atoms. The fourth-order valence-corrected chi connectivity index (χ4v) is 2.54. The smallest absolute Gasteiger partial charge is 0.417 e. The highest BCUT2D eigenvalue weighted by Crippen LogP contribution is 2.34. The normalized spacial score (nSPS) is 11.0. The number of anilines is 4. The van der Waals surface area contributed by atoms with E-state index < -0.39 is 17.6 Å². The number of nitrogens with one attached hydrogen (secondary N) is 3. The van der Waals surface area contributed by atoms with Gasteiger partial charge in [0.2, 0.25) is 0 Å². The van der Waals surface area contributed by atoms with Gasteiger partial charge in [-0.3, -0.25) is 15.6 Å². The van der Waals surface area contributed by atoms with Crippen LogP contribution in [0.5, 0.6) is 5.75 Å². The first-order valence-electron chi connectivity index (χ1n) is 8.49. The number of benzene rings is 1. The molecule has 0 aliphatic heterocycles. The van der Waals surface area contributed by atoms with Crippen LogP contribution in [0.4, 0.5) is 36.3 Å². The SMILES string of the molecule is COc1ccc(C(=O)NNc2ncnc(Nc3ncc(C(F)(F)F)cc3Cl)c2N)cc1. The van der Waals surface area contributed by atoms with Gasteiger partial charge < -0.3 is 15.8 Å². The van der Waals surface area contributed by atoms with Crippen LogP contribution in [0.3, 0.4) is 0 Å². The Kier molecular flexibility index (Phi) is 6.30. The number of hydrogen-bond donors (Lipinski definition) is 4. The molecule has 2 aromatic heterocycles. The first-order chi connectivity index (χ1) is 14.7. The molecular formula is C18H15ClF3N7O2. The zero-order chi connectivity index (χ0) is 22.6. The predicted molar refractivity (Wildman–Crippen MR) is 108 cm³/mol. The number of ether oxygens (including phenoxy) is 1. The van der Waals surface area contributed by atoms with Crippen molar-refractivity contribution in [1.29, 1.82) is 0 Å².